The summed E-state index contributed by atoms with van der Waals surface area (Å²) in [5.41, 5.74) is 1.75. The Morgan fingerprint density at radius 1 is 1.08 bits per heavy atom. The zero-order chi connectivity index (χ0) is 18.1. The van der Waals surface area contributed by atoms with Crippen molar-refractivity contribution in [1.82, 2.24) is 29.4 Å². The second-order valence-corrected chi connectivity index (χ2v) is 6.83. The topological polar surface area (TPSA) is 59.2 Å². The van der Waals surface area contributed by atoms with Crippen LogP contribution >= 0.6 is 0 Å². The number of rotatable bonds is 4. The molecule has 7 nitrogen and oxygen atoms in total. The molecule has 26 heavy (non-hydrogen) atoms. The molecule has 3 aromatic rings. The zero-order valence-corrected chi connectivity index (χ0v) is 14.9. The first-order valence-electron chi connectivity index (χ1n) is 8.68. The highest BCUT2D eigenvalue weighted by Crippen LogP contribution is 2.26. The van der Waals surface area contributed by atoms with Crippen molar-refractivity contribution in [2.45, 2.75) is 12.1 Å². The van der Waals surface area contributed by atoms with Gasteiger partial charge in [0.2, 0.25) is 0 Å². The molecule has 0 aliphatic carbocycles. The van der Waals surface area contributed by atoms with Crippen molar-refractivity contribution in [1.29, 1.82) is 0 Å². The molecule has 1 fully saturated rings. The maximum atomic E-state index is 13.0. The van der Waals surface area contributed by atoms with Crippen molar-refractivity contribution in [3.8, 4) is 5.69 Å². The molecule has 4 rings (SSSR count). The van der Waals surface area contributed by atoms with E-state index in [4.69, 9.17) is 0 Å². The number of likely N-dealkylation sites (tertiary alicyclic amines) is 1. The number of aromatic nitrogens is 4. The number of hydrogen-bond acceptors (Lipinski definition) is 4. The summed E-state index contributed by atoms with van der Waals surface area (Å²) < 4.78 is 3.88. The normalized spacial score (nSPS) is 20.0. The predicted octanol–water partition coefficient (Wildman–Crippen LogP) is 1.70. The SMILES string of the molecule is CN(C)[C@@H]1CN(C(=O)c2ccc(-n3cccc3)cc2)C[C@@H]1n1ccnn1. The van der Waals surface area contributed by atoms with Gasteiger partial charge in [-0.1, -0.05) is 5.21 Å². The van der Waals surface area contributed by atoms with Crippen LogP contribution in [0.2, 0.25) is 0 Å². The summed E-state index contributed by atoms with van der Waals surface area (Å²) in [5, 5.41) is 8.05. The molecule has 0 unspecified atom stereocenters. The first-order valence-corrected chi connectivity index (χ1v) is 8.68. The van der Waals surface area contributed by atoms with Crippen LogP contribution in [0, 0.1) is 0 Å². The third-order valence-electron chi connectivity index (χ3n) is 5.01. The summed E-state index contributed by atoms with van der Waals surface area (Å²) in [6.07, 6.45) is 7.52. The highest BCUT2D eigenvalue weighted by atomic mass is 16.2. The first-order chi connectivity index (χ1) is 12.6. The van der Waals surface area contributed by atoms with E-state index < -0.39 is 0 Å². The molecule has 0 bridgehead atoms. The zero-order valence-electron chi connectivity index (χ0n) is 14.9. The smallest absolute Gasteiger partial charge is 0.253 e. The van der Waals surface area contributed by atoms with E-state index in [0.717, 1.165) is 5.69 Å². The molecule has 7 heteroatoms. The molecule has 2 aromatic heterocycles. The molecule has 0 radical (unpaired) electrons. The molecule has 1 aliphatic rings. The molecule has 3 heterocycles. The summed E-state index contributed by atoms with van der Waals surface area (Å²) in [5.74, 6) is 0.0542. The number of amides is 1. The Morgan fingerprint density at radius 2 is 1.81 bits per heavy atom. The minimum Gasteiger partial charge on any atom is -0.335 e. The van der Waals surface area contributed by atoms with Crippen LogP contribution in [0.1, 0.15) is 16.4 Å². The fourth-order valence-corrected chi connectivity index (χ4v) is 3.56. The second kappa shape index (κ2) is 6.76. The monoisotopic (exact) mass is 350 g/mol. The van der Waals surface area contributed by atoms with Crippen LogP contribution in [-0.4, -0.2) is 68.5 Å². The molecule has 134 valence electrons. The van der Waals surface area contributed by atoms with Gasteiger partial charge in [-0.3, -0.25) is 4.79 Å². The standard InChI is InChI=1S/C19H22N6O/c1-22(2)17-13-24(14-18(17)25-12-9-20-21-25)19(26)15-5-7-16(8-6-15)23-10-3-4-11-23/h3-12,17-18H,13-14H2,1-2H3/t17-,18+/m1/s1. The summed E-state index contributed by atoms with van der Waals surface area (Å²) in [6.45, 7) is 1.31. The van der Waals surface area contributed by atoms with Gasteiger partial charge >= 0.3 is 0 Å². The average Bonchev–Trinajstić information content (AvgIpc) is 3.42. The van der Waals surface area contributed by atoms with Crippen LogP contribution in [0.3, 0.4) is 0 Å². The van der Waals surface area contributed by atoms with E-state index in [9.17, 15) is 4.79 Å². The van der Waals surface area contributed by atoms with Crippen LogP contribution in [-0.2, 0) is 0 Å². The Morgan fingerprint density at radius 3 is 2.42 bits per heavy atom. The molecule has 1 amide bonds. The Balaban J connectivity index is 1.53. The number of carbonyl (C=O) groups is 1. The predicted molar refractivity (Wildman–Crippen MR) is 98.2 cm³/mol. The number of likely N-dealkylation sites (N-methyl/N-ethyl adjacent to an activating group) is 1. The van der Waals surface area contributed by atoms with Gasteiger partial charge in [0, 0.05) is 42.9 Å². The van der Waals surface area contributed by atoms with Gasteiger partial charge in [0.05, 0.1) is 18.3 Å². The molecular weight excluding hydrogens is 328 g/mol. The first kappa shape index (κ1) is 16.5. The molecule has 1 aliphatic heterocycles. The van der Waals surface area contributed by atoms with E-state index in [0.29, 0.717) is 18.7 Å². The van der Waals surface area contributed by atoms with Crippen LogP contribution < -0.4 is 0 Å². The van der Waals surface area contributed by atoms with Gasteiger partial charge in [-0.25, -0.2) is 4.68 Å². The van der Waals surface area contributed by atoms with E-state index in [-0.39, 0.29) is 18.0 Å². The molecule has 0 spiro atoms. The van der Waals surface area contributed by atoms with Gasteiger partial charge in [0.1, 0.15) is 0 Å². The maximum absolute atomic E-state index is 13.0. The summed E-state index contributed by atoms with van der Waals surface area (Å²) in [7, 11) is 4.07. The van der Waals surface area contributed by atoms with Crippen molar-refractivity contribution < 1.29 is 4.79 Å². The highest BCUT2D eigenvalue weighted by Gasteiger charge is 2.38. The van der Waals surface area contributed by atoms with Crippen LogP contribution in [0.5, 0.6) is 0 Å². The maximum Gasteiger partial charge on any atom is 0.253 e. The summed E-state index contributed by atoms with van der Waals surface area (Å²) in [6, 6.07) is 12.0. The number of benzene rings is 1. The quantitative estimate of drug-likeness (QED) is 0.719. The molecule has 1 aromatic carbocycles. The fraction of sp³-hybridized carbons (Fsp3) is 0.316. The third-order valence-corrected chi connectivity index (χ3v) is 5.01. The van der Waals surface area contributed by atoms with E-state index in [1.807, 2.05) is 83.2 Å². The summed E-state index contributed by atoms with van der Waals surface area (Å²) in [4.78, 5) is 17.0. The van der Waals surface area contributed by atoms with E-state index in [2.05, 4.69) is 15.2 Å². The molecule has 0 saturated carbocycles. The van der Waals surface area contributed by atoms with Gasteiger partial charge in [-0.2, -0.15) is 0 Å². The van der Waals surface area contributed by atoms with Crippen molar-refractivity contribution in [2.75, 3.05) is 27.2 Å². The average molecular weight is 350 g/mol. The lowest BCUT2D eigenvalue weighted by molar-refractivity contribution is 0.0781. The number of carbonyl (C=O) groups excluding carboxylic acids is 1. The lowest BCUT2D eigenvalue weighted by atomic mass is 10.1. The van der Waals surface area contributed by atoms with E-state index >= 15 is 0 Å². The number of hydrogen-bond donors (Lipinski definition) is 0. The molecular formula is C19H22N6O. The minimum absolute atomic E-state index is 0.0542. The van der Waals surface area contributed by atoms with Crippen LogP contribution in [0.25, 0.3) is 5.69 Å². The van der Waals surface area contributed by atoms with E-state index in [1.54, 1.807) is 6.20 Å². The number of nitrogens with zero attached hydrogens (tertiary/aromatic N) is 6. The lowest BCUT2D eigenvalue weighted by Gasteiger charge is -2.24. The second-order valence-electron chi connectivity index (χ2n) is 6.83. The largest absolute Gasteiger partial charge is 0.335 e. The summed E-state index contributed by atoms with van der Waals surface area (Å²) >= 11 is 0. The Hall–Kier alpha value is -2.93. The van der Waals surface area contributed by atoms with Gasteiger partial charge in [0.15, 0.2) is 0 Å². The third kappa shape index (κ3) is 3.01. The Kier molecular flexibility index (Phi) is 4.30. The minimum atomic E-state index is 0.0542. The van der Waals surface area contributed by atoms with Gasteiger partial charge in [0.25, 0.3) is 5.91 Å². The highest BCUT2D eigenvalue weighted by molar-refractivity contribution is 5.94. The van der Waals surface area contributed by atoms with Crippen molar-refractivity contribution in [3.63, 3.8) is 0 Å². The van der Waals surface area contributed by atoms with Crippen molar-refractivity contribution in [3.05, 3.63) is 66.7 Å². The molecule has 1 saturated heterocycles. The van der Waals surface area contributed by atoms with Crippen LogP contribution in [0.4, 0.5) is 0 Å². The van der Waals surface area contributed by atoms with Crippen LogP contribution in [0.15, 0.2) is 61.2 Å². The van der Waals surface area contributed by atoms with Gasteiger partial charge in [-0.15, -0.1) is 5.10 Å². The Labute approximate surface area is 152 Å². The Bertz CT molecular complexity index is 854. The fourth-order valence-electron chi connectivity index (χ4n) is 3.56. The molecule has 2 atom stereocenters. The lowest BCUT2D eigenvalue weighted by Crippen LogP contribution is -2.37. The van der Waals surface area contributed by atoms with Gasteiger partial charge < -0.3 is 14.4 Å². The molecule has 0 N–H and O–H groups in total. The van der Waals surface area contributed by atoms with Crippen molar-refractivity contribution >= 4 is 5.91 Å². The van der Waals surface area contributed by atoms with Crippen molar-refractivity contribution in [2.24, 2.45) is 0 Å². The van der Waals surface area contributed by atoms with E-state index in [1.165, 1.54) is 0 Å². The van der Waals surface area contributed by atoms with Gasteiger partial charge in [-0.05, 0) is 50.5 Å².